The van der Waals surface area contributed by atoms with E-state index in [9.17, 15) is 0 Å². The number of rotatable bonds is 3. The third kappa shape index (κ3) is 4.09. The van der Waals surface area contributed by atoms with Gasteiger partial charge in [0, 0.05) is 48.8 Å². The molecular formula is C51H31N3. The average molecular weight is 686 g/mol. The van der Waals surface area contributed by atoms with Crippen LogP contribution in [0.25, 0.3) is 109 Å². The van der Waals surface area contributed by atoms with Crippen molar-refractivity contribution in [1.82, 2.24) is 14.1 Å². The van der Waals surface area contributed by atoms with Crippen molar-refractivity contribution in [3.63, 3.8) is 0 Å². The SMILES string of the molecule is c1ccc(-n2c3ccccc3c3cc(-c4ccc5c(c4)c4ccccc4n5-c4c5ccc6ccccc6c5nc5c4ccc4ccccc45)ccc32)cc1. The first kappa shape index (κ1) is 29.4. The second-order valence-corrected chi connectivity index (χ2v) is 14.3. The van der Waals surface area contributed by atoms with E-state index in [0.29, 0.717) is 0 Å². The minimum Gasteiger partial charge on any atom is -0.309 e. The van der Waals surface area contributed by atoms with Crippen LogP contribution in [-0.4, -0.2) is 14.1 Å². The molecule has 3 heterocycles. The lowest BCUT2D eigenvalue weighted by molar-refractivity contribution is 1.18. The molecule has 9 aromatic carbocycles. The van der Waals surface area contributed by atoms with Gasteiger partial charge in [-0.25, -0.2) is 4.98 Å². The van der Waals surface area contributed by atoms with Gasteiger partial charge in [-0.3, -0.25) is 0 Å². The van der Waals surface area contributed by atoms with E-state index < -0.39 is 0 Å². The molecule has 0 saturated carbocycles. The van der Waals surface area contributed by atoms with Gasteiger partial charge >= 0.3 is 0 Å². The van der Waals surface area contributed by atoms with Crippen molar-refractivity contribution in [3.8, 4) is 22.5 Å². The zero-order valence-corrected chi connectivity index (χ0v) is 29.2. The maximum atomic E-state index is 5.47. The fraction of sp³-hybridized carbons (Fsp3) is 0. The summed E-state index contributed by atoms with van der Waals surface area (Å²) in [5.41, 5.74) is 11.6. The van der Waals surface area contributed by atoms with Crippen LogP contribution in [0.3, 0.4) is 0 Å². The van der Waals surface area contributed by atoms with Gasteiger partial charge in [0.2, 0.25) is 0 Å². The van der Waals surface area contributed by atoms with Crippen molar-refractivity contribution < 1.29 is 0 Å². The smallest absolute Gasteiger partial charge is 0.0809 e. The van der Waals surface area contributed by atoms with Gasteiger partial charge < -0.3 is 9.13 Å². The third-order valence-electron chi connectivity index (χ3n) is 11.5. The Labute approximate surface area is 310 Å². The molecule has 0 saturated heterocycles. The van der Waals surface area contributed by atoms with Crippen molar-refractivity contribution in [2.24, 2.45) is 0 Å². The molecule has 0 spiro atoms. The van der Waals surface area contributed by atoms with E-state index in [1.807, 2.05) is 0 Å². The Morgan fingerprint density at radius 3 is 1.31 bits per heavy atom. The molecule has 0 aliphatic heterocycles. The highest BCUT2D eigenvalue weighted by Gasteiger charge is 2.21. The molecule has 0 unspecified atom stereocenters. The zero-order valence-electron chi connectivity index (χ0n) is 29.2. The molecule has 0 radical (unpaired) electrons. The number of hydrogen-bond donors (Lipinski definition) is 0. The lowest BCUT2D eigenvalue weighted by Gasteiger charge is -2.17. The van der Waals surface area contributed by atoms with Crippen molar-refractivity contribution >= 4 is 87.0 Å². The Balaban J connectivity index is 1.14. The highest BCUT2D eigenvalue weighted by molar-refractivity contribution is 6.21. The van der Waals surface area contributed by atoms with E-state index in [-0.39, 0.29) is 0 Å². The maximum Gasteiger partial charge on any atom is 0.0809 e. The monoisotopic (exact) mass is 685 g/mol. The minimum atomic E-state index is 1.03. The molecule has 3 aromatic heterocycles. The summed E-state index contributed by atoms with van der Waals surface area (Å²) in [5.74, 6) is 0. The largest absolute Gasteiger partial charge is 0.309 e. The van der Waals surface area contributed by atoms with Gasteiger partial charge in [-0.2, -0.15) is 0 Å². The Morgan fingerprint density at radius 1 is 0.296 bits per heavy atom. The summed E-state index contributed by atoms with van der Waals surface area (Å²) in [5, 5.41) is 12.0. The van der Waals surface area contributed by atoms with E-state index in [1.54, 1.807) is 0 Å². The van der Waals surface area contributed by atoms with Crippen LogP contribution in [0.15, 0.2) is 188 Å². The molecule has 12 aromatic rings. The van der Waals surface area contributed by atoms with Crippen LogP contribution < -0.4 is 0 Å². The molecule has 0 aliphatic rings. The van der Waals surface area contributed by atoms with Crippen molar-refractivity contribution in [2.75, 3.05) is 0 Å². The standard InChI is InChI=1S/C51H31N3/c1-2-14-36(15-3-1)53-45-20-10-8-18-39(45)43-30-34(24-28-47(43)53)35-25-29-48-44(31-35)40-19-9-11-21-46(40)54(48)51-41-26-22-32-12-4-6-16-37(32)49(41)52-50-38-17-7-5-13-33(38)23-27-42(50)51/h1-31H. The number of fused-ring (bicyclic) bond motifs is 12. The Hall–Kier alpha value is -7.23. The van der Waals surface area contributed by atoms with E-state index in [2.05, 4.69) is 197 Å². The van der Waals surface area contributed by atoms with Crippen LogP contribution in [0.5, 0.6) is 0 Å². The minimum absolute atomic E-state index is 1.03. The number of aromatic nitrogens is 3. The summed E-state index contributed by atoms with van der Waals surface area (Å²) >= 11 is 0. The first-order valence-corrected chi connectivity index (χ1v) is 18.6. The molecule has 0 N–H and O–H groups in total. The highest BCUT2D eigenvalue weighted by Crippen LogP contribution is 2.42. The highest BCUT2D eigenvalue weighted by atomic mass is 15.0. The second kappa shape index (κ2) is 11.1. The van der Waals surface area contributed by atoms with Gasteiger partial charge in [0.1, 0.15) is 0 Å². The van der Waals surface area contributed by atoms with Crippen LogP contribution in [-0.2, 0) is 0 Å². The Bertz CT molecular complexity index is 3400. The van der Waals surface area contributed by atoms with Gasteiger partial charge in [0.05, 0.1) is 38.8 Å². The first-order valence-electron chi connectivity index (χ1n) is 18.6. The molecular weight excluding hydrogens is 655 g/mol. The van der Waals surface area contributed by atoms with E-state index in [0.717, 1.165) is 32.6 Å². The van der Waals surface area contributed by atoms with Crippen molar-refractivity contribution in [1.29, 1.82) is 0 Å². The lowest BCUT2D eigenvalue weighted by Crippen LogP contribution is -1.99. The fourth-order valence-corrected chi connectivity index (χ4v) is 9.03. The number of pyridine rings is 1. The Kier molecular flexibility index (Phi) is 6.05. The first-order chi connectivity index (χ1) is 26.8. The molecule has 0 bridgehead atoms. The molecule has 0 atom stereocenters. The molecule has 0 aliphatic carbocycles. The fourth-order valence-electron chi connectivity index (χ4n) is 9.03. The van der Waals surface area contributed by atoms with Gasteiger partial charge in [-0.1, -0.05) is 140 Å². The molecule has 3 heteroatoms. The molecule has 250 valence electrons. The zero-order chi connectivity index (χ0) is 35.3. The van der Waals surface area contributed by atoms with Gasteiger partial charge in [0.25, 0.3) is 0 Å². The number of nitrogens with zero attached hydrogens (tertiary/aromatic N) is 3. The quantitative estimate of drug-likeness (QED) is 0.134. The Morgan fingerprint density at radius 2 is 0.741 bits per heavy atom. The number of benzene rings is 9. The molecule has 3 nitrogen and oxygen atoms in total. The predicted octanol–water partition coefficient (Wildman–Crippen LogP) is 13.6. The van der Waals surface area contributed by atoms with E-state index in [1.165, 1.54) is 76.9 Å². The molecule has 0 amide bonds. The van der Waals surface area contributed by atoms with Crippen LogP contribution >= 0.6 is 0 Å². The molecule has 0 fully saturated rings. The maximum absolute atomic E-state index is 5.47. The van der Waals surface area contributed by atoms with Gasteiger partial charge in [-0.05, 0) is 70.4 Å². The summed E-state index contributed by atoms with van der Waals surface area (Å²) < 4.78 is 4.86. The van der Waals surface area contributed by atoms with Crippen molar-refractivity contribution in [2.45, 2.75) is 0 Å². The second-order valence-electron chi connectivity index (χ2n) is 14.3. The summed E-state index contributed by atoms with van der Waals surface area (Å²) in [6.07, 6.45) is 0. The summed E-state index contributed by atoms with van der Waals surface area (Å²) in [6.45, 7) is 0. The van der Waals surface area contributed by atoms with E-state index in [4.69, 9.17) is 4.98 Å². The average Bonchev–Trinajstić information content (AvgIpc) is 3.75. The number of para-hydroxylation sites is 3. The predicted molar refractivity (Wildman–Crippen MR) is 228 cm³/mol. The van der Waals surface area contributed by atoms with Crippen LogP contribution in [0.1, 0.15) is 0 Å². The summed E-state index contributed by atoms with van der Waals surface area (Å²) in [4.78, 5) is 5.47. The normalized spacial score (nSPS) is 12.1. The van der Waals surface area contributed by atoms with E-state index >= 15 is 0 Å². The van der Waals surface area contributed by atoms with Crippen molar-refractivity contribution in [3.05, 3.63) is 188 Å². The third-order valence-corrected chi connectivity index (χ3v) is 11.5. The summed E-state index contributed by atoms with van der Waals surface area (Å²) in [6, 6.07) is 68.5. The van der Waals surface area contributed by atoms with Gasteiger partial charge in [-0.15, -0.1) is 0 Å². The molecule has 54 heavy (non-hydrogen) atoms. The van der Waals surface area contributed by atoms with Crippen LogP contribution in [0.4, 0.5) is 0 Å². The van der Waals surface area contributed by atoms with Crippen LogP contribution in [0.2, 0.25) is 0 Å². The topological polar surface area (TPSA) is 22.8 Å². The lowest BCUT2D eigenvalue weighted by atomic mass is 9.99. The van der Waals surface area contributed by atoms with Gasteiger partial charge in [0.15, 0.2) is 0 Å². The number of hydrogen-bond acceptors (Lipinski definition) is 1. The molecule has 12 rings (SSSR count). The summed E-state index contributed by atoms with van der Waals surface area (Å²) in [7, 11) is 0. The van der Waals surface area contributed by atoms with Crippen LogP contribution in [0, 0.1) is 0 Å².